The molecule has 0 saturated carbocycles. The average Bonchev–Trinajstić information content (AvgIpc) is 2.84. The summed E-state index contributed by atoms with van der Waals surface area (Å²) >= 11 is 0. The summed E-state index contributed by atoms with van der Waals surface area (Å²) in [5, 5.41) is 0. The first-order chi connectivity index (χ1) is 15.4. The van der Waals surface area contributed by atoms with Gasteiger partial charge in [-0.2, -0.15) is 4.31 Å². The molecule has 2 aliphatic heterocycles. The Morgan fingerprint density at radius 3 is 2.34 bits per heavy atom. The van der Waals surface area contributed by atoms with E-state index in [2.05, 4.69) is 4.98 Å². The highest BCUT2D eigenvalue weighted by atomic mass is 32.2. The number of carbonyl (C=O) groups excluding carboxylic acids is 2. The molecule has 9 heteroatoms. The highest BCUT2D eigenvalue weighted by molar-refractivity contribution is 7.89. The number of carbonyl (C=O) groups is 2. The number of aromatic nitrogens is 1. The van der Waals surface area contributed by atoms with Crippen LogP contribution in [0, 0.1) is 12.8 Å². The lowest BCUT2D eigenvalue weighted by Gasteiger charge is -2.38. The van der Waals surface area contributed by atoms with Crippen molar-refractivity contribution in [2.75, 3.05) is 39.3 Å². The van der Waals surface area contributed by atoms with Crippen molar-refractivity contribution in [3.05, 3.63) is 59.9 Å². The van der Waals surface area contributed by atoms with Crippen LogP contribution in [0.4, 0.5) is 0 Å². The molecular formula is C23H28N4O4S. The molecule has 3 heterocycles. The number of pyridine rings is 1. The number of likely N-dealkylation sites (tertiary alicyclic amines) is 1. The van der Waals surface area contributed by atoms with Crippen molar-refractivity contribution in [2.24, 2.45) is 5.92 Å². The third-order valence-corrected chi connectivity index (χ3v) is 8.06. The van der Waals surface area contributed by atoms with Gasteiger partial charge in [-0.3, -0.25) is 14.6 Å². The van der Waals surface area contributed by atoms with Crippen LogP contribution in [0.15, 0.2) is 53.7 Å². The van der Waals surface area contributed by atoms with Crippen molar-refractivity contribution in [1.29, 1.82) is 0 Å². The molecule has 0 radical (unpaired) electrons. The third kappa shape index (κ3) is 4.68. The Morgan fingerprint density at radius 1 is 0.969 bits per heavy atom. The number of amides is 2. The minimum absolute atomic E-state index is 0.00447. The molecule has 2 aliphatic rings. The van der Waals surface area contributed by atoms with Crippen LogP contribution in [0.25, 0.3) is 0 Å². The zero-order valence-corrected chi connectivity index (χ0v) is 19.0. The van der Waals surface area contributed by atoms with E-state index < -0.39 is 10.0 Å². The number of benzene rings is 1. The summed E-state index contributed by atoms with van der Waals surface area (Å²) < 4.78 is 27.0. The Bertz CT molecular complexity index is 1060. The molecule has 0 aliphatic carbocycles. The zero-order chi connectivity index (χ0) is 22.7. The fourth-order valence-corrected chi connectivity index (χ4v) is 5.68. The number of piperidine rings is 1. The maximum Gasteiger partial charge on any atom is 0.253 e. The number of rotatable bonds is 4. The van der Waals surface area contributed by atoms with E-state index in [9.17, 15) is 18.0 Å². The summed E-state index contributed by atoms with van der Waals surface area (Å²) in [5.41, 5.74) is 1.73. The Morgan fingerprint density at radius 2 is 1.69 bits per heavy atom. The van der Waals surface area contributed by atoms with Gasteiger partial charge in [0.2, 0.25) is 15.9 Å². The van der Waals surface area contributed by atoms with Gasteiger partial charge in [-0.25, -0.2) is 8.42 Å². The van der Waals surface area contributed by atoms with Crippen LogP contribution < -0.4 is 0 Å². The Kier molecular flexibility index (Phi) is 6.57. The monoisotopic (exact) mass is 456 g/mol. The Hall–Kier alpha value is -2.78. The predicted molar refractivity (Wildman–Crippen MR) is 119 cm³/mol. The molecular weight excluding hydrogens is 428 g/mol. The summed E-state index contributed by atoms with van der Waals surface area (Å²) in [7, 11) is -3.61. The van der Waals surface area contributed by atoms with Crippen molar-refractivity contribution in [2.45, 2.75) is 24.7 Å². The first-order valence-electron chi connectivity index (χ1n) is 10.9. The van der Waals surface area contributed by atoms with Crippen molar-refractivity contribution >= 4 is 21.8 Å². The van der Waals surface area contributed by atoms with E-state index in [0.717, 1.165) is 18.4 Å². The van der Waals surface area contributed by atoms with Crippen LogP contribution in [-0.4, -0.2) is 78.6 Å². The van der Waals surface area contributed by atoms with Gasteiger partial charge in [-0.15, -0.1) is 0 Å². The van der Waals surface area contributed by atoms with Gasteiger partial charge < -0.3 is 9.80 Å². The van der Waals surface area contributed by atoms with Crippen molar-refractivity contribution in [3.8, 4) is 0 Å². The maximum atomic E-state index is 13.1. The minimum atomic E-state index is -3.61. The first kappa shape index (κ1) is 22.4. The zero-order valence-electron chi connectivity index (χ0n) is 18.2. The molecule has 1 aromatic carbocycles. The van der Waals surface area contributed by atoms with E-state index in [0.29, 0.717) is 31.7 Å². The molecule has 4 rings (SSSR count). The molecule has 0 N–H and O–H groups in total. The van der Waals surface area contributed by atoms with Gasteiger partial charge in [0.05, 0.1) is 5.92 Å². The molecule has 2 amide bonds. The second-order valence-corrected chi connectivity index (χ2v) is 10.3. The Balaban J connectivity index is 1.36. The number of sulfonamides is 1. The highest BCUT2D eigenvalue weighted by Crippen LogP contribution is 2.23. The molecule has 1 aromatic heterocycles. The van der Waals surface area contributed by atoms with Gasteiger partial charge in [0, 0.05) is 57.2 Å². The molecule has 8 nitrogen and oxygen atoms in total. The molecule has 0 bridgehead atoms. The fourth-order valence-electron chi connectivity index (χ4n) is 4.30. The van der Waals surface area contributed by atoms with E-state index in [1.165, 1.54) is 22.8 Å². The van der Waals surface area contributed by atoms with Crippen LogP contribution in [0.3, 0.4) is 0 Å². The molecule has 1 atom stereocenters. The molecule has 0 spiro atoms. The van der Waals surface area contributed by atoms with Gasteiger partial charge in [-0.05, 0) is 44.0 Å². The van der Waals surface area contributed by atoms with Crippen LogP contribution in [0.5, 0.6) is 0 Å². The van der Waals surface area contributed by atoms with Gasteiger partial charge in [0.1, 0.15) is 4.90 Å². The lowest BCUT2D eigenvalue weighted by molar-refractivity contribution is -0.138. The molecule has 170 valence electrons. The van der Waals surface area contributed by atoms with E-state index in [4.69, 9.17) is 0 Å². The predicted octanol–water partition coefficient (Wildman–Crippen LogP) is 1.78. The number of nitrogens with zero attached hydrogens (tertiary/aromatic N) is 4. The standard InChI is InChI=1S/C23H28N4O4S/c1-18-6-8-19(9-7-18)22(28)26-11-3-4-20(17-26)23(29)25-12-14-27(15-13-25)32(30,31)21-5-2-10-24-16-21/h2,5-10,16,20H,3-4,11-15,17H2,1H3. The van der Waals surface area contributed by atoms with Crippen LogP contribution >= 0.6 is 0 Å². The molecule has 2 aromatic rings. The summed E-state index contributed by atoms with van der Waals surface area (Å²) in [5.74, 6) is -0.292. The number of piperazine rings is 1. The fraction of sp³-hybridized carbons (Fsp3) is 0.435. The van der Waals surface area contributed by atoms with E-state index in [1.54, 1.807) is 15.9 Å². The first-order valence-corrected chi connectivity index (χ1v) is 12.3. The second kappa shape index (κ2) is 9.38. The number of hydrogen-bond donors (Lipinski definition) is 0. The van der Waals surface area contributed by atoms with Crippen LogP contribution in [0.2, 0.25) is 0 Å². The van der Waals surface area contributed by atoms with Gasteiger partial charge >= 0.3 is 0 Å². The largest absolute Gasteiger partial charge is 0.340 e. The van der Waals surface area contributed by atoms with Gasteiger partial charge in [0.15, 0.2) is 0 Å². The lowest BCUT2D eigenvalue weighted by atomic mass is 9.95. The van der Waals surface area contributed by atoms with E-state index in [-0.39, 0.29) is 35.7 Å². The molecule has 1 unspecified atom stereocenters. The SMILES string of the molecule is Cc1ccc(C(=O)N2CCCC(C(=O)N3CCN(S(=O)(=O)c4cccnc4)CC3)C2)cc1. The number of aryl methyl sites for hydroxylation is 1. The summed E-state index contributed by atoms with van der Waals surface area (Å²) in [4.78, 5) is 33.6. The summed E-state index contributed by atoms with van der Waals surface area (Å²) in [6, 6.07) is 10.6. The van der Waals surface area contributed by atoms with E-state index in [1.807, 2.05) is 31.2 Å². The highest BCUT2D eigenvalue weighted by Gasteiger charge is 2.35. The molecule has 2 saturated heterocycles. The van der Waals surface area contributed by atoms with Crippen molar-refractivity contribution in [1.82, 2.24) is 19.1 Å². The second-order valence-electron chi connectivity index (χ2n) is 8.37. The van der Waals surface area contributed by atoms with E-state index >= 15 is 0 Å². The van der Waals surface area contributed by atoms with Crippen LogP contribution in [0.1, 0.15) is 28.8 Å². The minimum Gasteiger partial charge on any atom is -0.340 e. The lowest BCUT2D eigenvalue weighted by Crippen LogP contribution is -2.54. The summed E-state index contributed by atoms with van der Waals surface area (Å²) in [6.07, 6.45) is 4.40. The Labute approximate surface area is 188 Å². The molecule has 32 heavy (non-hydrogen) atoms. The third-order valence-electron chi connectivity index (χ3n) is 6.18. The topological polar surface area (TPSA) is 90.9 Å². The van der Waals surface area contributed by atoms with Crippen molar-refractivity contribution in [3.63, 3.8) is 0 Å². The van der Waals surface area contributed by atoms with Gasteiger partial charge in [0.25, 0.3) is 5.91 Å². The number of hydrogen-bond acceptors (Lipinski definition) is 5. The average molecular weight is 457 g/mol. The quantitative estimate of drug-likeness (QED) is 0.700. The summed E-state index contributed by atoms with van der Waals surface area (Å²) in [6.45, 7) is 4.23. The van der Waals surface area contributed by atoms with Crippen molar-refractivity contribution < 1.29 is 18.0 Å². The molecule has 2 fully saturated rings. The van der Waals surface area contributed by atoms with Gasteiger partial charge in [-0.1, -0.05) is 17.7 Å². The normalized spacial score (nSPS) is 20.2. The smallest absolute Gasteiger partial charge is 0.253 e. The van der Waals surface area contributed by atoms with Crippen LogP contribution in [-0.2, 0) is 14.8 Å². The maximum absolute atomic E-state index is 13.1.